The van der Waals surface area contributed by atoms with Gasteiger partial charge in [0.1, 0.15) is 23.4 Å². The summed E-state index contributed by atoms with van der Waals surface area (Å²) < 4.78 is 111. The van der Waals surface area contributed by atoms with Gasteiger partial charge in [0.2, 0.25) is 15.9 Å². The van der Waals surface area contributed by atoms with Crippen molar-refractivity contribution < 1.29 is 49.0 Å². The van der Waals surface area contributed by atoms with Crippen molar-refractivity contribution in [3.63, 3.8) is 0 Å². The first-order valence-electron chi connectivity index (χ1n) is 12.9. The minimum Gasteiger partial charge on any atom is -0.406 e. The molecule has 2 aromatic carbocycles. The van der Waals surface area contributed by atoms with Gasteiger partial charge in [-0.1, -0.05) is 12.1 Å². The zero-order chi connectivity index (χ0) is 32.4. The Morgan fingerprint density at radius 3 is 2.02 bits per heavy atom. The highest BCUT2D eigenvalue weighted by Gasteiger charge is 2.41. The molecule has 1 aliphatic rings. The lowest BCUT2D eigenvalue weighted by Crippen LogP contribution is -2.60. The molecule has 45 heavy (non-hydrogen) atoms. The molecule has 1 saturated heterocycles. The fraction of sp³-hybridized carbons (Fsp3) is 0.269. The summed E-state index contributed by atoms with van der Waals surface area (Å²) in [6, 6.07) is 6.85. The van der Waals surface area contributed by atoms with Gasteiger partial charge in [0, 0.05) is 38.6 Å². The van der Waals surface area contributed by atoms with Crippen molar-refractivity contribution in [3.05, 3.63) is 72.7 Å². The van der Waals surface area contributed by atoms with E-state index < -0.39 is 46.2 Å². The largest absolute Gasteiger partial charge is 0.573 e. The van der Waals surface area contributed by atoms with Crippen LogP contribution in [-0.2, 0) is 21.4 Å². The first-order valence-corrected chi connectivity index (χ1v) is 14.3. The molecule has 0 spiro atoms. The Bertz CT molecular complexity index is 1770. The van der Waals surface area contributed by atoms with Gasteiger partial charge in [0.15, 0.2) is 11.3 Å². The highest BCUT2D eigenvalue weighted by atomic mass is 32.2. The van der Waals surface area contributed by atoms with Crippen LogP contribution in [0, 0.1) is 0 Å². The van der Waals surface area contributed by atoms with Crippen LogP contribution in [0.15, 0.2) is 72.0 Å². The number of benzene rings is 2. The average Bonchev–Trinajstić information content (AvgIpc) is 2.98. The number of halogens is 6. The minimum atomic E-state index is -4.98. The number of fused-ring (bicyclic) bond motifs is 1. The predicted octanol–water partition coefficient (Wildman–Crippen LogP) is 3.41. The van der Waals surface area contributed by atoms with Crippen LogP contribution in [0.3, 0.4) is 0 Å². The van der Waals surface area contributed by atoms with Gasteiger partial charge in [-0.3, -0.25) is 4.79 Å². The second-order valence-electron chi connectivity index (χ2n) is 9.44. The third-order valence-corrected chi connectivity index (χ3v) is 8.35. The number of amides is 1. The van der Waals surface area contributed by atoms with Crippen LogP contribution in [0.1, 0.15) is 5.56 Å². The fourth-order valence-electron chi connectivity index (χ4n) is 4.44. The smallest absolute Gasteiger partial charge is 0.406 e. The molecule has 2 aromatic heterocycles. The van der Waals surface area contributed by atoms with Crippen molar-refractivity contribution in [3.8, 4) is 11.5 Å². The Hall–Kier alpha value is -4.78. The van der Waals surface area contributed by atoms with Crippen molar-refractivity contribution in [1.29, 1.82) is 0 Å². The highest BCUT2D eigenvalue weighted by Crippen LogP contribution is 2.28. The molecule has 5 rings (SSSR count). The molecular formula is C26H21F6N7O5S. The summed E-state index contributed by atoms with van der Waals surface area (Å²) in [4.78, 5) is 31.5. The summed E-state index contributed by atoms with van der Waals surface area (Å²) in [5.41, 5.74) is 0.866. The van der Waals surface area contributed by atoms with Gasteiger partial charge in [-0.15, -0.1) is 26.3 Å². The van der Waals surface area contributed by atoms with Gasteiger partial charge in [-0.05, 0) is 42.0 Å². The number of hydrogen-bond donors (Lipinski definition) is 1. The third-order valence-electron chi connectivity index (χ3n) is 6.43. The first-order chi connectivity index (χ1) is 21.2. The average molecular weight is 658 g/mol. The molecule has 1 aliphatic heterocycles. The maximum absolute atomic E-state index is 13.7. The number of piperazine rings is 1. The molecule has 4 aromatic rings. The number of hydrogen-bond acceptors (Lipinski definition) is 10. The van der Waals surface area contributed by atoms with E-state index in [0.29, 0.717) is 5.56 Å². The first kappa shape index (κ1) is 31.6. The van der Waals surface area contributed by atoms with Crippen molar-refractivity contribution in [1.82, 2.24) is 29.6 Å². The summed E-state index contributed by atoms with van der Waals surface area (Å²) in [6.45, 7) is -0.562. The van der Waals surface area contributed by atoms with Crippen LogP contribution in [-0.4, -0.2) is 77.0 Å². The number of carbonyl (C=O) groups is 1. The van der Waals surface area contributed by atoms with Crippen molar-refractivity contribution >= 4 is 33.0 Å². The summed E-state index contributed by atoms with van der Waals surface area (Å²) in [7, 11) is -4.44. The lowest BCUT2D eigenvalue weighted by molar-refractivity contribution is -0.275. The maximum Gasteiger partial charge on any atom is 0.573 e. The Morgan fingerprint density at radius 1 is 0.844 bits per heavy atom. The van der Waals surface area contributed by atoms with E-state index in [1.165, 1.54) is 30.7 Å². The van der Waals surface area contributed by atoms with Gasteiger partial charge in [0.05, 0.1) is 11.1 Å². The van der Waals surface area contributed by atoms with E-state index in [2.05, 4.69) is 34.7 Å². The molecule has 19 heteroatoms. The molecule has 0 aliphatic carbocycles. The number of nitrogens with zero attached hydrogens (tertiary/aromatic N) is 6. The Kier molecular flexibility index (Phi) is 8.66. The second kappa shape index (κ2) is 12.3. The zero-order valence-electron chi connectivity index (χ0n) is 22.7. The number of rotatable bonds is 8. The molecule has 238 valence electrons. The van der Waals surface area contributed by atoms with Gasteiger partial charge in [0.25, 0.3) is 0 Å². The van der Waals surface area contributed by atoms with Crippen LogP contribution in [0.2, 0.25) is 0 Å². The summed E-state index contributed by atoms with van der Waals surface area (Å²) in [6.07, 6.45) is -5.64. The van der Waals surface area contributed by atoms with Crippen LogP contribution in [0.4, 0.5) is 32.2 Å². The van der Waals surface area contributed by atoms with E-state index in [0.717, 1.165) is 40.7 Å². The van der Waals surface area contributed by atoms with E-state index >= 15 is 0 Å². The van der Waals surface area contributed by atoms with E-state index in [4.69, 9.17) is 0 Å². The highest BCUT2D eigenvalue weighted by molar-refractivity contribution is 7.89. The van der Waals surface area contributed by atoms with Crippen LogP contribution < -0.4 is 19.7 Å². The number of carbonyl (C=O) groups excluding carboxylic acids is 1. The van der Waals surface area contributed by atoms with Gasteiger partial charge < -0.3 is 19.7 Å². The SMILES string of the molecule is O=C(NCc1ccc(OC(F)(F)F)cc1)[C@H]1CN(c2cnc3nccnc3n2)CCN1S(=O)(=O)c1ccc(OC(F)(F)F)cc1. The molecular weight excluding hydrogens is 636 g/mol. The summed E-state index contributed by atoms with van der Waals surface area (Å²) in [5, 5.41) is 2.59. The lowest BCUT2D eigenvalue weighted by atomic mass is 10.1. The third kappa shape index (κ3) is 7.85. The molecule has 0 saturated carbocycles. The molecule has 0 unspecified atom stereocenters. The number of anilines is 1. The van der Waals surface area contributed by atoms with Gasteiger partial charge >= 0.3 is 12.7 Å². The standard InChI is InChI=1S/C26H21F6N7O5S/c27-25(28,29)43-17-3-1-16(2-4-17)13-36-24(40)20-15-38(21-14-35-22-23(37-21)34-10-9-33-22)11-12-39(20)45(41,42)19-7-5-18(6-8-19)44-26(30,31)32/h1-10,14,20H,11-13,15H2,(H,36,40)/t20-/m1/s1. The molecule has 1 amide bonds. The molecule has 1 N–H and O–H groups in total. The quantitative estimate of drug-likeness (QED) is 0.281. The number of alkyl halides is 6. The summed E-state index contributed by atoms with van der Waals surface area (Å²) in [5.74, 6) is -1.58. The van der Waals surface area contributed by atoms with E-state index in [-0.39, 0.29) is 48.2 Å². The lowest BCUT2D eigenvalue weighted by Gasteiger charge is -2.40. The molecule has 1 atom stereocenters. The van der Waals surface area contributed by atoms with E-state index in [1.807, 2.05) is 0 Å². The van der Waals surface area contributed by atoms with E-state index in [1.54, 1.807) is 4.90 Å². The predicted molar refractivity (Wildman–Crippen MR) is 143 cm³/mol. The monoisotopic (exact) mass is 657 g/mol. The fourth-order valence-corrected chi connectivity index (χ4v) is 6.01. The molecule has 3 heterocycles. The normalized spacial score (nSPS) is 16.4. The molecule has 1 fully saturated rings. The Morgan fingerprint density at radius 2 is 1.42 bits per heavy atom. The van der Waals surface area contributed by atoms with Crippen LogP contribution in [0.25, 0.3) is 11.3 Å². The minimum absolute atomic E-state index is 0.0550. The van der Waals surface area contributed by atoms with E-state index in [9.17, 15) is 39.6 Å². The van der Waals surface area contributed by atoms with Gasteiger partial charge in [-0.25, -0.2) is 28.4 Å². The number of sulfonamides is 1. The van der Waals surface area contributed by atoms with Crippen molar-refractivity contribution in [2.24, 2.45) is 0 Å². The molecule has 0 bridgehead atoms. The Balaban J connectivity index is 1.38. The second-order valence-corrected chi connectivity index (χ2v) is 11.3. The van der Waals surface area contributed by atoms with Gasteiger partial charge in [-0.2, -0.15) is 4.31 Å². The zero-order valence-corrected chi connectivity index (χ0v) is 23.5. The maximum atomic E-state index is 13.7. The van der Waals surface area contributed by atoms with Crippen molar-refractivity contribution in [2.75, 3.05) is 24.5 Å². The van der Waals surface area contributed by atoms with Crippen LogP contribution in [0.5, 0.6) is 11.5 Å². The molecule has 0 radical (unpaired) electrons. The number of aromatic nitrogens is 4. The van der Waals surface area contributed by atoms with Crippen LogP contribution >= 0.6 is 0 Å². The summed E-state index contributed by atoms with van der Waals surface area (Å²) >= 11 is 0. The Labute approximate surface area is 250 Å². The molecule has 12 nitrogen and oxygen atoms in total. The number of nitrogens with one attached hydrogen (secondary N) is 1. The van der Waals surface area contributed by atoms with Crippen molar-refractivity contribution in [2.45, 2.75) is 30.2 Å². The number of ether oxygens (including phenoxy) is 2. The topological polar surface area (TPSA) is 140 Å².